The Morgan fingerprint density at radius 2 is 1.85 bits per heavy atom. The Morgan fingerprint density at radius 3 is 2.53 bits per heavy atom. The summed E-state index contributed by atoms with van der Waals surface area (Å²) < 4.78 is 25.5. The van der Waals surface area contributed by atoms with Gasteiger partial charge in [0.1, 0.15) is 18.4 Å². The van der Waals surface area contributed by atoms with E-state index in [9.17, 15) is 19.5 Å². The molecule has 1 aliphatic heterocycles. The smallest absolute Gasteiger partial charge is 0.338 e. The molecule has 47 heavy (non-hydrogen) atoms. The zero-order valence-corrected chi connectivity index (χ0v) is 29.7. The molecule has 2 heterocycles. The zero-order chi connectivity index (χ0) is 34.0. The van der Waals surface area contributed by atoms with Crippen LogP contribution in [0.1, 0.15) is 53.9 Å². The molecule has 10 nitrogen and oxygen atoms in total. The number of aromatic carboxylic acids is 1. The van der Waals surface area contributed by atoms with Gasteiger partial charge in [0.2, 0.25) is 0 Å². The number of aromatic nitrogens is 1. The fourth-order valence-electron chi connectivity index (χ4n) is 5.14. The lowest BCUT2D eigenvalue weighted by molar-refractivity contribution is -0.143. The molecule has 0 bridgehead atoms. The maximum atomic E-state index is 14.2. The molecule has 1 N–H and O–H groups in total. The van der Waals surface area contributed by atoms with E-state index in [4.69, 9.17) is 30.5 Å². The Morgan fingerprint density at radius 1 is 1.11 bits per heavy atom. The minimum Gasteiger partial charge on any atom is -0.496 e. The molecular weight excluding hydrogens is 759 g/mol. The number of carboxylic acid groups (broad SMARTS) is 1. The molecule has 244 valence electrons. The highest BCUT2D eigenvalue weighted by Gasteiger charge is 2.35. The van der Waals surface area contributed by atoms with Gasteiger partial charge in [-0.3, -0.25) is 9.36 Å². The van der Waals surface area contributed by atoms with Crippen molar-refractivity contribution in [2.45, 2.75) is 39.5 Å². The number of hydrogen-bond acceptors (Lipinski definition) is 9. The molecule has 0 radical (unpaired) electrons. The summed E-state index contributed by atoms with van der Waals surface area (Å²) in [6, 6.07) is 14.2. The molecule has 0 fully saturated rings. The van der Waals surface area contributed by atoms with E-state index in [0.717, 1.165) is 0 Å². The van der Waals surface area contributed by atoms with E-state index in [1.165, 1.54) is 36.2 Å². The van der Waals surface area contributed by atoms with Crippen LogP contribution >= 0.6 is 45.5 Å². The number of fused-ring (bicyclic) bond motifs is 1. The predicted octanol–water partition coefficient (Wildman–Crippen LogP) is 5.74. The van der Waals surface area contributed by atoms with Gasteiger partial charge in [-0.05, 0) is 103 Å². The number of methoxy groups -OCH3 is 2. The van der Waals surface area contributed by atoms with Crippen LogP contribution < -0.4 is 29.1 Å². The second kappa shape index (κ2) is 14.3. The lowest BCUT2D eigenvalue weighted by Gasteiger charge is -2.26. The first-order chi connectivity index (χ1) is 22.4. The number of esters is 1. The molecule has 5 rings (SSSR count). The maximum Gasteiger partial charge on any atom is 0.338 e. The SMILES string of the molecule is COc1ccc(Cl)cc1[C@H]1C(C(=O)OC(C)C)=C(C)N=c2s/c(=C/c3cc(I)c(OCc4cccc(C(=O)O)c4)c(OC)c3)c(=O)n21. The summed E-state index contributed by atoms with van der Waals surface area (Å²) in [7, 11) is 3.02. The standard InChI is InChI=1S/C34H30ClIN2O8S/c1-17(2)46-33(42)28-18(3)37-34-38(29(28)23-15-22(35)9-10-25(23)43-4)31(39)27(47-34)14-20-12-24(36)30(26(13-20)44-5)45-16-19-7-6-8-21(11-19)32(40)41/h6-15,17,29H,16H2,1-5H3,(H,40,41)/b27-14+/t29-/m0/s1. The van der Waals surface area contributed by atoms with Gasteiger partial charge in [-0.1, -0.05) is 35.1 Å². The number of carbonyl (C=O) groups is 2. The van der Waals surface area contributed by atoms with Gasteiger partial charge in [-0.2, -0.15) is 0 Å². The molecule has 1 aliphatic rings. The highest BCUT2D eigenvalue weighted by Crippen LogP contribution is 2.38. The predicted molar refractivity (Wildman–Crippen MR) is 186 cm³/mol. The molecule has 1 aromatic heterocycles. The molecule has 4 aromatic rings. The number of halogens is 2. The van der Waals surface area contributed by atoms with E-state index in [-0.39, 0.29) is 23.3 Å². The fraction of sp³-hybridized carbons (Fsp3) is 0.235. The van der Waals surface area contributed by atoms with Crippen molar-refractivity contribution >= 4 is 63.5 Å². The monoisotopic (exact) mass is 788 g/mol. The summed E-state index contributed by atoms with van der Waals surface area (Å²) in [4.78, 5) is 44.0. The first kappa shape index (κ1) is 34.2. The van der Waals surface area contributed by atoms with Gasteiger partial charge >= 0.3 is 11.9 Å². The summed E-state index contributed by atoms with van der Waals surface area (Å²) in [6.07, 6.45) is 1.33. The summed E-state index contributed by atoms with van der Waals surface area (Å²) in [5.74, 6) is -0.255. The summed E-state index contributed by atoms with van der Waals surface area (Å²) in [5.41, 5.74) is 2.31. The van der Waals surface area contributed by atoms with E-state index < -0.39 is 24.1 Å². The van der Waals surface area contributed by atoms with E-state index in [1.54, 1.807) is 69.3 Å². The number of thiazole rings is 1. The first-order valence-electron chi connectivity index (χ1n) is 14.3. The van der Waals surface area contributed by atoms with Crippen LogP contribution in [0.25, 0.3) is 6.08 Å². The van der Waals surface area contributed by atoms with Crippen molar-refractivity contribution in [1.82, 2.24) is 4.57 Å². The number of carbonyl (C=O) groups excluding carboxylic acids is 1. The lowest BCUT2D eigenvalue weighted by atomic mass is 9.95. The van der Waals surface area contributed by atoms with E-state index >= 15 is 0 Å². The van der Waals surface area contributed by atoms with E-state index in [0.29, 0.717) is 57.6 Å². The third-order valence-corrected chi connectivity index (χ3v) is 9.20. The molecule has 0 saturated carbocycles. The van der Waals surface area contributed by atoms with Crippen molar-refractivity contribution in [2.24, 2.45) is 4.99 Å². The molecular formula is C34H30ClIN2O8S. The van der Waals surface area contributed by atoms with Crippen LogP contribution in [0.5, 0.6) is 17.2 Å². The van der Waals surface area contributed by atoms with Gasteiger partial charge in [0.05, 0.1) is 45.3 Å². The van der Waals surface area contributed by atoms with Crippen LogP contribution in [0.4, 0.5) is 0 Å². The Balaban J connectivity index is 1.59. The van der Waals surface area contributed by atoms with Crippen molar-refractivity contribution in [2.75, 3.05) is 14.2 Å². The van der Waals surface area contributed by atoms with E-state index in [1.807, 2.05) is 6.07 Å². The Labute approximate surface area is 292 Å². The molecule has 3 aromatic carbocycles. The van der Waals surface area contributed by atoms with Crippen LogP contribution in [0.2, 0.25) is 5.02 Å². The Bertz CT molecular complexity index is 2100. The number of ether oxygens (including phenoxy) is 4. The van der Waals surface area contributed by atoms with Crippen LogP contribution in [0.15, 0.2) is 75.7 Å². The fourth-order valence-corrected chi connectivity index (χ4v) is 7.15. The summed E-state index contributed by atoms with van der Waals surface area (Å²) in [5, 5.41) is 9.72. The van der Waals surface area contributed by atoms with Gasteiger partial charge < -0.3 is 24.1 Å². The number of hydrogen-bond donors (Lipinski definition) is 1. The topological polar surface area (TPSA) is 126 Å². The van der Waals surface area contributed by atoms with Gasteiger partial charge in [0.15, 0.2) is 16.3 Å². The lowest BCUT2D eigenvalue weighted by Crippen LogP contribution is -2.40. The van der Waals surface area contributed by atoms with Gasteiger partial charge in [-0.25, -0.2) is 14.6 Å². The van der Waals surface area contributed by atoms with Crippen molar-refractivity contribution in [3.63, 3.8) is 0 Å². The zero-order valence-electron chi connectivity index (χ0n) is 26.0. The molecule has 13 heteroatoms. The Kier molecular flexibility index (Phi) is 10.4. The van der Waals surface area contributed by atoms with Crippen LogP contribution in [-0.2, 0) is 16.1 Å². The number of nitrogens with zero attached hydrogens (tertiary/aromatic N) is 2. The highest BCUT2D eigenvalue weighted by molar-refractivity contribution is 14.1. The van der Waals surface area contributed by atoms with Crippen molar-refractivity contribution < 1.29 is 33.6 Å². The van der Waals surface area contributed by atoms with Gasteiger partial charge in [0, 0.05) is 10.6 Å². The quantitative estimate of drug-likeness (QED) is 0.160. The second-order valence-electron chi connectivity index (χ2n) is 10.8. The molecule has 0 aliphatic carbocycles. The largest absolute Gasteiger partial charge is 0.496 e. The number of benzene rings is 3. The Hall–Kier alpha value is -4.14. The molecule has 0 amide bonds. The first-order valence-corrected chi connectivity index (χ1v) is 16.6. The number of carboxylic acids is 1. The molecule has 0 saturated heterocycles. The minimum atomic E-state index is -1.02. The molecule has 1 atom stereocenters. The van der Waals surface area contributed by atoms with Crippen LogP contribution in [0.3, 0.4) is 0 Å². The third kappa shape index (κ3) is 7.24. The van der Waals surface area contributed by atoms with Gasteiger partial charge in [0.25, 0.3) is 5.56 Å². The summed E-state index contributed by atoms with van der Waals surface area (Å²) in [6.45, 7) is 5.34. The van der Waals surface area contributed by atoms with Crippen molar-refractivity contribution in [3.8, 4) is 17.2 Å². The minimum absolute atomic E-state index is 0.124. The normalized spacial score (nSPS) is 14.5. The van der Waals surface area contributed by atoms with Crippen molar-refractivity contribution in [3.05, 3.63) is 116 Å². The second-order valence-corrected chi connectivity index (χ2v) is 13.4. The van der Waals surface area contributed by atoms with Crippen LogP contribution in [0, 0.1) is 3.57 Å². The van der Waals surface area contributed by atoms with Crippen molar-refractivity contribution in [1.29, 1.82) is 0 Å². The van der Waals surface area contributed by atoms with Gasteiger partial charge in [-0.15, -0.1) is 0 Å². The third-order valence-electron chi connectivity index (χ3n) is 7.18. The average Bonchev–Trinajstić information content (AvgIpc) is 3.32. The van der Waals surface area contributed by atoms with E-state index in [2.05, 4.69) is 27.6 Å². The summed E-state index contributed by atoms with van der Waals surface area (Å²) >= 11 is 9.71. The molecule has 0 unspecified atom stereocenters. The number of allylic oxidation sites excluding steroid dienone is 1. The number of rotatable bonds is 10. The average molecular weight is 789 g/mol. The van der Waals surface area contributed by atoms with Crippen LogP contribution in [-0.4, -0.2) is 41.9 Å². The highest BCUT2D eigenvalue weighted by atomic mass is 127. The maximum absolute atomic E-state index is 14.2. The molecule has 0 spiro atoms.